The van der Waals surface area contributed by atoms with Gasteiger partial charge in [-0.05, 0) is 54.7 Å². The minimum atomic E-state index is -1.84. The normalized spacial score (nSPS) is 17.3. The third kappa shape index (κ3) is 5.39. The molecule has 31 heavy (non-hydrogen) atoms. The van der Waals surface area contributed by atoms with E-state index >= 15 is 0 Å². The molecule has 168 valence electrons. The maximum Gasteiger partial charge on any atom is 0.223 e. The maximum atomic E-state index is 12.7. The molecule has 1 aliphatic rings. The summed E-state index contributed by atoms with van der Waals surface area (Å²) >= 11 is 0. The van der Waals surface area contributed by atoms with Crippen LogP contribution in [0, 0.1) is 6.92 Å². The van der Waals surface area contributed by atoms with Gasteiger partial charge in [-0.3, -0.25) is 4.79 Å². The SMILES string of the molecule is COc1ccc(CN2C(=O)CC[C@@H]2CO[Si](C)(C)C(C)(C)C)cc1-c1cccc(C)c1. The van der Waals surface area contributed by atoms with E-state index in [-0.39, 0.29) is 17.0 Å². The Kier molecular flexibility index (Phi) is 6.97. The van der Waals surface area contributed by atoms with Crippen LogP contribution in [0.4, 0.5) is 0 Å². The van der Waals surface area contributed by atoms with Crippen molar-refractivity contribution in [2.75, 3.05) is 13.7 Å². The lowest BCUT2D eigenvalue weighted by molar-refractivity contribution is -0.130. The number of ether oxygens (including phenoxy) is 1. The van der Waals surface area contributed by atoms with Gasteiger partial charge in [-0.15, -0.1) is 0 Å². The average molecular weight is 440 g/mol. The van der Waals surface area contributed by atoms with Gasteiger partial charge in [0.25, 0.3) is 0 Å². The van der Waals surface area contributed by atoms with E-state index in [4.69, 9.17) is 9.16 Å². The fourth-order valence-electron chi connectivity index (χ4n) is 3.79. The molecule has 1 atom stereocenters. The number of benzene rings is 2. The molecule has 5 heteroatoms. The van der Waals surface area contributed by atoms with E-state index in [0.717, 1.165) is 28.9 Å². The van der Waals surface area contributed by atoms with Crippen molar-refractivity contribution in [3.8, 4) is 16.9 Å². The summed E-state index contributed by atoms with van der Waals surface area (Å²) in [6.45, 7) is 14.6. The van der Waals surface area contributed by atoms with Crippen molar-refractivity contribution >= 4 is 14.2 Å². The molecule has 1 aliphatic heterocycles. The van der Waals surface area contributed by atoms with Gasteiger partial charge < -0.3 is 14.1 Å². The van der Waals surface area contributed by atoms with E-state index in [2.05, 4.69) is 77.2 Å². The number of likely N-dealkylation sites (tertiary alicyclic amines) is 1. The Morgan fingerprint density at radius 3 is 2.52 bits per heavy atom. The maximum absolute atomic E-state index is 12.7. The smallest absolute Gasteiger partial charge is 0.223 e. The summed E-state index contributed by atoms with van der Waals surface area (Å²) in [4.78, 5) is 14.7. The number of hydrogen-bond donors (Lipinski definition) is 0. The van der Waals surface area contributed by atoms with Crippen molar-refractivity contribution < 1.29 is 14.0 Å². The fourth-order valence-corrected chi connectivity index (χ4v) is 4.84. The van der Waals surface area contributed by atoms with Gasteiger partial charge in [-0.2, -0.15) is 0 Å². The number of carbonyl (C=O) groups excluding carboxylic acids is 1. The Morgan fingerprint density at radius 2 is 1.87 bits per heavy atom. The lowest BCUT2D eigenvalue weighted by Gasteiger charge is -2.38. The molecule has 0 N–H and O–H groups in total. The first kappa shape index (κ1) is 23.5. The van der Waals surface area contributed by atoms with Crippen molar-refractivity contribution in [1.29, 1.82) is 0 Å². The van der Waals surface area contributed by atoms with E-state index in [1.54, 1.807) is 7.11 Å². The molecule has 0 radical (unpaired) electrons. The van der Waals surface area contributed by atoms with Gasteiger partial charge in [-0.1, -0.05) is 56.7 Å². The predicted octanol–water partition coefficient (Wildman–Crippen LogP) is 6.18. The molecule has 2 aromatic carbocycles. The Bertz CT molecular complexity index is 932. The summed E-state index contributed by atoms with van der Waals surface area (Å²) in [5.74, 6) is 1.07. The summed E-state index contributed by atoms with van der Waals surface area (Å²) in [5.41, 5.74) is 4.51. The molecule has 2 aromatic rings. The summed E-state index contributed by atoms with van der Waals surface area (Å²) < 4.78 is 12.1. The van der Waals surface area contributed by atoms with Crippen LogP contribution in [0.25, 0.3) is 11.1 Å². The zero-order valence-electron chi connectivity index (χ0n) is 20.1. The average Bonchev–Trinajstić information content (AvgIpc) is 3.05. The third-order valence-electron chi connectivity index (χ3n) is 6.84. The van der Waals surface area contributed by atoms with Crippen LogP contribution in [0.5, 0.6) is 5.75 Å². The van der Waals surface area contributed by atoms with Gasteiger partial charge >= 0.3 is 0 Å². The number of amides is 1. The van der Waals surface area contributed by atoms with E-state index in [1.165, 1.54) is 5.56 Å². The minimum Gasteiger partial charge on any atom is -0.496 e. The molecule has 4 nitrogen and oxygen atoms in total. The largest absolute Gasteiger partial charge is 0.496 e. The number of nitrogens with zero attached hydrogens (tertiary/aromatic N) is 1. The van der Waals surface area contributed by atoms with E-state index < -0.39 is 8.32 Å². The molecule has 0 aliphatic carbocycles. The number of hydrogen-bond acceptors (Lipinski definition) is 3. The molecule has 0 unspecified atom stereocenters. The van der Waals surface area contributed by atoms with Crippen molar-refractivity contribution in [2.45, 2.75) is 71.3 Å². The Morgan fingerprint density at radius 1 is 1.13 bits per heavy atom. The second kappa shape index (κ2) is 9.17. The summed E-state index contributed by atoms with van der Waals surface area (Å²) in [6.07, 6.45) is 1.47. The van der Waals surface area contributed by atoms with Gasteiger partial charge in [0, 0.05) is 18.5 Å². The second-order valence-electron chi connectivity index (χ2n) is 10.2. The fraction of sp³-hybridized carbons (Fsp3) is 0.500. The standard InChI is InChI=1S/C26H37NO3Si/c1-19-9-8-10-21(15-19)23-16-20(11-13-24(23)29-5)17-27-22(12-14-25(27)28)18-30-31(6,7)26(2,3)4/h8-11,13,15-16,22H,12,14,17-18H2,1-7H3/t22-/m1/s1. The molecule has 3 rings (SSSR count). The highest BCUT2D eigenvalue weighted by atomic mass is 28.4. The molecule has 0 aromatic heterocycles. The van der Waals surface area contributed by atoms with Crippen molar-refractivity contribution in [3.63, 3.8) is 0 Å². The van der Waals surface area contributed by atoms with Crippen LogP contribution in [0.3, 0.4) is 0 Å². The Balaban J connectivity index is 1.80. The molecule has 1 amide bonds. The topological polar surface area (TPSA) is 38.8 Å². The predicted molar refractivity (Wildman–Crippen MR) is 130 cm³/mol. The third-order valence-corrected chi connectivity index (χ3v) is 11.3. The Labute approximate surface area is 188 Å². The van der Waals surface area contributed by atoms with Crippen LogP contribution in [-0.4, -0.2) is 38.9 Å². The van der Waals surface area contributed by atoms with Crippen LogP contribution in [-0.2, 0) is 15.8 Å². The number of methoxy groups -OCH3 is 1. The van der Waals surface area contributed by atoms with Gasteiger partial charge in [-0.25, -0.2) is 0 Å². The highest BCUT2D eigenvalue weighted by molar-refractivity contribution is 6.74. The molecular weight excluding hydrogens is 402 g/mol. The van der Waals surface area contributed by atoms with Crippen molar-refractivity contribution in [3.05, 3.63) is 53.6 Å². The Hall–Kier alpha value is -2.11. The lowest BCUT2D eigenvalue weighted by atomic mass is 10.00. The molecular formula is C26H37NO3Si. The first-order valence-corrected chi connectivity index (χ1v) is 14.1. The molecule has 0 saturated carbocycles. The van der Waals surface area contributed by atoms with Crippen LogP contribution < -0.4 is 4.74 Å². The molecule has 1 fully saturated rings. The molecule has 0 bridgehead atoms. The van der Waals surface area contributed by atoms with Gasteiger partial charge in [0.2, 0.25) is 5.91 Å². The van der Waals surface area contributed by atoms with Crippen LogP contribution in [0.1, 0.15) is 44.7 Å². The van der Waals surface area contributed by atoms with Crippen LogP contribution >= 0.6 is 0 Å². The minimum absolute atomic E-state index is 0.145. The molecule has 1 saturated heterocycles. The van der Waals surface area contributed by atoms with E-state index in [0.29, 0.717) is 19.6 Å². The van der Waals surface area contributed by atoms with Crippen LogP contribution in [0.2, 0.25) is 18.1 Å². The van der Waals surface area contributed by atoms with Gasteiger partial charge in [0.05, 0.1) is 19.8 Å². The zero-order chi connectivity index (χ0) is 22.8. The van der Waals surface area contributed by atoms with Gasteiger partial charge in [0.1, 0.15) is 5.75 Å². The van der Waals surface area contributed by atoms with E-state index in [9.17, 15) is 4.79 Å². The number of rotatable bonds is 7. The first-order valence-electron chi connectivity index (χ1n) is 11.2. The quantitative estimate of drug-likeness (QED) is 0.483. The molecule has 1 heterocycles. The summed E-state index contributed by atoms with van der Waals surface area (Å²) in [7, 11) is -0.141. The van der Waals surface area contributed by atoms with E-state index in [1.807, 2.05) is 11.0 Å². The van der Waals surface area contributed by atoms with Crippen LogP contribution in [0.15, 0.2) is 42.5 Å². The zero-order valence-corrected chi connectivity index (χ0v) is 21.1. The second-order valence-corrected chi connectivity index (χ2v) is 15.0. The molecule has 0 spiro atoms. The monoisotopic (exact) mass is 439 g/mol. The highest BCUT2D eigenvalue weighted by Crippen LogP contribution is 2.37. The number of aryl methyl sites for hydroxylation is 1. The van der Waals surface area contributed by atoms with Gasteiger partial charge in [0.15, 0.2) is 8.32 Å². The summed E-state index contributed by atoms with van der Waals surface area (Å²) in [6, 6.07) is 14.8. The summed E-state index contributed by atoms with van der Waals surface area (Å²) in [5, 5.41) is 0.166. The van der Waals surface area contributed by atoms with Crippen molar-refractivity contribution in [2.24, 2.45) is 0 Å². The lowest BCUT2D eigenvalue weighted by Crippen LogP contribution is -2.45. The number of carbonyl (C=O) groups is 1. The highest BCUT2D eigenvalue weighted by Gasteiger charge is 2.39. The van der Waals surface area contributed by atoms with Crippen molar-refractivity contribution in [1.82, 2.24) is 4.90 Å². The first-order chi connectivity index (χ1) is 14.5.